The normalized spacial score (nSPS) is 11.3. The van der Waals surface area contributed by atoms with Crippen molar-refractivity contribution in [2.45, 2.75) is 24.7 Å². The third-order valence-electron chi connectivity index (χ3n) is 3.23. The average Bonchev–Trinajstić information content (AvgIpc) is 2.45. The van der Waals surface area contributed by atoms with E-state index in [2.05, 4.69) is 4.72 Å². The van der Waals surface area contributed by atoms with Crippen LogP contribution in [0.15, 0.2) is 53.4 Å². The zero-order valence-corrected chi connectivity index (χ0v) is 12.9. The van der Waals surface area contributed by atoms with E-state index in [9.17, 15) is 8.42 Å². The van der Waals surface area contributed by atoms with Gasteiger partial charge in [0.1, 0.15) is 0 Å². The molecule has 0 aromatic heterocycles. The monoisotopic (exact) mass is 304 g/mol. The van der Waals surface area contributed by atoms with Crippen molar-refractivity contribution in [2.75, 3.05) is 11.3 Å². The lowest BCUT2D eigenvalue weighted by Crippen LogP contribution is -2.14. The largest absolute Gasteiger partial charge is 0.330 e. The molecule has 0 unspecified atom stereocenters. The average molecular weight is 304 g/mol. The Labute approximate surface area is 126 Å². The van der Waals surface area contributed by atoms with E-state index in [0.29, 0.717) is 17.1 Å². The number of benzene rings is 2. The molecule has 112 valence electrons. The molecule has 5 heteroatoms. The summed E-state index contributed by atoms with van der Waals surface area (Å²) >= 11 is 0. The second-order valence-corrected chi connectivity index (χ2v) is 6.61. The van der Waals surface area contributed by atoms with Gasteiger partial charge in [-0.1, -0.05) is 30.3 Å². The van der Waals surface area contributed by atoms with Gasteiger partial charge in [-0.2, -0.15) is 0 Å². The topological polar surface area (TPSA) is 72.2 Å². The lowest BCUT2D eigenvalue weighted by Gasteiger charge is -2.11. The molecule has 0 radical (unpaired) electrons. The lowest BCUT2D eigenvalue weighted by atomic mass is 10.1. The molecule has 0 saturated carbocycles. The van der Waals surface area contributed by atoms with Crippen molar-refractivity contribution in [3.8, 4) is 0 Å². The van der Waals surface area contributed by atoms with Gasteiger partial charge in [-0.3, -0.25) is 4.72 Å². The molecule has 0 bridgehead atoms. The minimum Gasteiger partial charge on any atom is -0.330 e. The molecule has 4 nitrogen and oxygen atoms in total. The van der Waals surface area contributed by atoms with E-state index in [1.807, 2.05) is 24.3 Å². The van der Waals surface area contributed by atoms with Crippen LogP contribution in [0.5, 0.6) is 0 Å². The molecule has 2 aromatic carbocycles. The number of nitrogens with one attached hydrogen (secondary N) is 1. The second kappa shape index (κ2) is 6.74. The lowest BCUT2D eigenvalue weighted by molar-refractivity contribution is 0.600. The summed E-state index contributed by atoms with van der Waals surface area (Å²) in [6, 6.07) is 14.4. The molecule has 3 N–H and O–H groups in total. The van der Waals surface area contributed by atoms with E-state index in [1.54, 1.807) is 31.2 Å². The first-order valence-corrected chi connectivity index (χ1v) is 8.39. The van der Waals surface area contributed by atoms with Gasteiger partial charge in [0.15, 0.2) is 0 Å². The Hall–Kier alpha value is -1.85. The highest BCUT2D eigenvalue weighted by atomic mass is 32.2. The molecule has 21 heavy (non-hydrogen) atoms. The van der Waals surface area contributed by atoms with Crippen LogP contribution in [0.2, 0.25) is 0 Å². The maximum atomic E-state index is 12.4. The number of anilines is 1. The molecule has 0 fully saturated rings. The van der Waals surface area contributed by atoms with Crippen LogP contribution in [0.3, 0.4) is 0 Å². The summed E-state index contributed by atoms with van der Waals surface area (Å²) in [5, 5.41) is 0. The van der Waals surface area contributed by atoms with Crippen LogP contribution in [0.1, 0.15) is 17.5 Å². The Bertz CT molecular complexity index is 712. The van der Waals surface area contributed by atoms with Gasteiger partial charge in [-0.25, -0.2) is 8.42 Å². The van der Waals surface area contributed by atoms with Crippen molar-refractivity contribution in [3.63, 3.8) is 0 Å². The van der Waals surface area contributed by atoms with Crippen molar-refractivity contribution >= 4 is 15.7 Å². The predicted molar refractivity (Wildman–Crippen MR) is 85.8 cm³/mol. The number of hydrogen-bond donors (Lipinski definition) is 2. The zero-order valence-electron chi connectivity index (χ0n) is 12.0. The molecule has 0 aliphatic rings. The molecular weight excluding hydrogens is 284 g/mol. The van der Waals surface area contributed by atoms with Crippen LogP contribution in [-0.4, -0.2) is 15.0 Å². The highest BCUT2D eigenvalue weighted by Gasteiger charge is 2.16. The van der Waals surface area contributed by atoms with Crippen LogP contribution in [0.4, 0.5) is 5.69 Å². The van der Waals surface area contributed by atoms with E-state index in [-0.39, 0.29) is 0 Å². The number of nitrogens with two attached hydrogens (primary N) is 1. The van der Waals surface area contributed by atoms with E-state index in [0.717, 1.165) is 24.0 Å². The fourth-order valence-corrected chi connectivity index (χ4v) is 3.46. The van der Waals surface area contributed by atoms with Crippen LogP contribution in [0.25, 0.3) is 0 Å². The molecular formula is C16H20N2O2S. The maximum absolute atomic E-state index is 12.4. The Morgan fingerprint density at radius 2 is 1.86 bits per heavy atom. The van der Waals surface area contributed by atoms with Gasteiger partial charge in [0.25, 0.3) is 10.0 Å². The quantitative estimate of drug-likeness (QED) is 0.862. The fraction of sp³-hybridized carbons (Fsp3) is 0.250. The highest BCUT2D eigenvalue weighted by Crippen LogP contribution is 2.20. The summed E-state index contributed by atoms with van der Waals surface area (Å²) in [7, 11) is -3.56. The Morgan fingerprint density at radius 3 is 2.57 bits per heavy atom. The van der Waals surface area contributed by atoms with Gasteiger partial charge in [-0.05, 0) is 55.6 Å². The molecule has 2 aromatic rings. The van der Waals surface area contributed by atoms with Gasteiger partial charge in [0.2, 0.25) is 0 Å². The smallest absolute Gasteiger partial charge is 0.262 e. The van der Waals surface area contributed by atoms with Gasteiger partial charge in [0, 0.05) is 5.69 Å². The van der Waals surface area contributed by atoms with Gasteiger partial charge >= 0.3 is 0 Å². The zero-order chi connectivity index (χ0) is 15.3. The molecule has 0 aliphatic heterocycles. The van der Waals surface area contributed by atoms with Gasteiger partial charge in [-0.15, -0.1) is 0 Å². The second-order valence-electron chi connectivity index (χ2n) is 4.96. The molecule has 2 rings (SSSR count). The summed E-state index contributed by atoms with van der Waals surface area (Å²) in [6.45, 7) is 2.41. The Kier molecular flexibility index (Phi) is 4.98. The third kappa shape index (κ3) is 4.06. The Balaban J connectivity index is 2.23. The summed E-state index contributed by atoms with van der Waals surface area (Å²) in [6.07, 6.45) is 1.73. The first-order valence-electron chi connectivity index (χ1n) is 6.90. The van der Waals surface area contributed by atoms with E-state index in [1.165, 1.54) is 0 Å². The molecule has 0 amide bonds. The van der Waals surface area contributed by atoms with Crippen molar-refractivity contribution in [1.82, 2.24) is 0 Å². The Morgan fingerprint density at radius 1 is 1.10 bits per heavy atom. The minimum absolute atomic E-state index is 0.303. The third-order valence-corrected chi connectivity index (χ3v) is 4.77. The van der Waals surface area contributed by atoms with E-state index >= 15 is 0 Å². The van der Waals surface area contributed by atoms with Crippen LogP contribution in [0, 0.1) is 6.92 Å². The molecule has 0 heterocycles. The first-order chi connectivity index (χ1) is 10.0. The van der Waals surface area contributed by atoms with Crippen molar-refractivity contribution < 1.29 is 8.42 Å². The number of hydrogen-bond acceptors (Lipinski definition) is 3. The van der Waals surface area contributed by atoms with Crippen LogP contribution >= 0.6 is 0 Å². The van der Waals surface area contributed by atoms with Gasteiger partial charge < -0.3 is 5.73 Å². The van der Waals surface area contributed by atoms with Crippen molar-refractivity contribution in [1.29, 1.82) is 0 Å². The minimum atomic E-state index is -3.56. The maximum Gasteiger partial charge on any atom is 0.262 e. The fourth-order valence-electron chi connectivity index (χ4n) is 2.16. The summed E-state index contributed by atoms with van der Waals surface area (Å²) in [5.41, 5.74) is 7.87. The van der Waals surface area contributed by atoms with Crippen molar-refractivity contribution in [2.24, 2.45) is 5.73 Å². The number of aryl methyl sites for hydroxylation is 2. The van der Waals surface area contributed by atoms with Gasteiger partial charge in [0.05, 0.1) is 4.90 Å². The number of rotatable bonds is 6. The van der Waals surface area contributed by atoms with Crippen molar-refractivity contribution in [3.05, 3.63) is 59.7 Å². The van der Waals surface area contributed by atoms with Crippen LogP contribution < -0.4 is 10.5 Å². The molecule has 0 spiro atoms. The predicted octanol–water partition coefficient (Wildman–Crippen LogP) is 2.69. The molecule has 0 aliphatic carbocycles. The summed E-state index contributed by atoms with van der Waals surface area (Å²) < 4.78 is 27.5. The number of sulfonamides is 1. The molecule has 0 saturated heterocycles. The standard InChI is InChI=1S/C16H20N2O2S/c1-13-6-2-3-10-16(13)21(19,20)18-15-9-4-7-14(12-15)8-5-11-17/h2-4,6-7,9-10,12,18H,5,8,11,17H2,1H3. The van der Waals surface area contributed by atoms with E-state index < -0.39 is 10.0 Å². The highest BCUT2D eigenvalue weighted by molar-refractivity contribution is 7.92. The molecule has 0 atom stereocenters. The first kappa shape index (κ1) is 15.5. The van der Waals surface area contributed by atoms with Crippen LogP contribution in [-0.2, 0) is 16.4 Å². The SMILES string of the molecule is Cc1ccccc1S(=O)(=O)Nc1cccc(CCCN)c1. The summed E-state index contributed by atoms with van der Waals surface area (Å²) in [5.74, 6) is 0. The summed E-state index contributed by atoms with van der Waals surface area (Å²) in [4.78, 5) is 0.303. The van der Waals surface area contributed by atoms with E-state index in [4.69, 9.17) is 5.73 Å².